The molecule has 13 N–H and O–H groups in total. The lowest BCUT2D eigenvalue weighted by molar-refractivity contribution is -0.303. The Labute approximate surface area is 354 Å². The average Bonchev–Trinajstić information content (AvgIpc) is 3.90. The van der Waals surface area contributed by atoms with E-state index < -0.39 is 128 Å². The molecule has 2 fully saturated rings. The number of nitrogen functional groups attached to an aromatic ring is 1. The van der Waals surface area contributed by atoms with Gasteiger partial charge in [0, 0.05) is 18.0 Å². The molecule has 2 saturated heterocycles. The summed E-state index contributed by atoms with van der Waals surface area (Å²) in [5.74, 6) is -6.74. The molecule has 34 nitrogen and oxygen atoms in total. The van der Waals surface area contributed by atoms with E-state index in [1.807, 2.05) is 0 Å². The Bertz CT molecular complexity index is 2260. The number of aliphatic hydroxyl groups is 7. The van der Waals surface area contributed by atoms with Crippen molar-refractivity contribution in [3.05, 3.63) is 36.7 Å². The van der Waals surface area contributed by atoms with Gasteiger partial charge in [-0.3, -0.25) is 33.1 Å². The molecule has 37 heteroatoms. The molecule has 64 heavy (non-hydrogen) atoms. The molecular weight excluding hydrogens is 947 g/mol. The first-order chi connectivity index (χ1) is 30.0. The molecule has 0 aromatic carbocycles. The first-order valence-corrected chi connectivity index (χ1v) is 21.7. The van der Waals surface area contributed by atoms with Crippen molar-refractivity contribution in [1.82, 2.24) is 24.4 Å². The molecule has 3 aliphatic heterocycles. The van der Waals surface area contributed by atoms with Crippen molar-refractivity contribution in [3.63, 3.8) is 0 Å². The number of rotatable bonds is 21. The topological polar surface area (TPSA) is 502 Å². The Morgan fingerprint density at radius 3 is 2.14 bits per heavy atom. The molecule has 1 amide bonds. The molecule has 0 radical (unpaired) electrons. The number of carbonyl (C=O) groups is 4. The van der Waals surface area contributed by atoms with Gasteiger partial charge in [-0.2, -0.15) is 4.31 Å². The number of hydrogen-bond acceptors (Lipinski definition) is 30. The Morgan fingerprint density at radius 2 is 1.52 bits per heavy atom. The standard InChI is InChI=1S/C27H36N7O27P3/c28-21-15-23(31-9-30-21)34(10-32-15)25-18(41)19(42)27(54-25,20(43)26(45)57-60-64(50,58-55-13(37)5-35)59-56-14(38)6-36)8-52-63(48,49)61-62(46,47)51-7-12-16(39)17(40)24(53-12)33-3-1-2-11(4-33)22(29)44/h1,3-4,9-10,12,16-20,24-25,35-36,39-43H,2,5-8H2,(H2,29,44)(H,46,47)(H,48,49)(H2,28,30,31)/t12-,16-,17-,18-,19+,20?,24-,25-,27-/m1/s1. The second-order valence-corrected chi connectivity index (χ2v) is 17.3. The monoisotopic (exact) mass is 983 g/mol. The normalized spacial score (nSPS) is 28.2. The Balaban J connectivity index is 1.34. The molecule has 5 rings (SSSR count). The van der Waals surface area contributed by atoms with Crippen LogP contribution in [0.15, 0.2) is 36.7 Å². The summed E-state index contributed by atoms with van der Waals surface area (Å²) < 4.78 is 76.4. The van der Waals surface area contributed by atoms with Gasteiger partial charge in [0.1, 0.15) is 55.6 Å². The minimum atomic E-state index is -6.08. The van der Waals surface area contributed by atoms with E-state index in [-0.39, 0.29) is 29.0 Å². The lowest BCUT2D eigenvalue weighted by atomic mass is 9.90. The third kappa shape index (κ3) is 11.5. The van der Waals surface area contributed by atoms with Crippen LogP contribution in [0, 0.1) is 0 Å². The van der Waals surface area contributed by atoms with E-state index in [9.17, 15) is 68.2 Å². The number of allylic oxidation sites excluding steroid dienone is 1. The van der Waals surface area contributed by atoms with Crippen molar-refractivity contribution >= 4 is 64.3 Å². The molecule has 0 aliphatic carbocycles. The van der Waals surface area contributed by atoms with E-state index >= 15 is 0 Å². The number of carbonyl (C=O) groups excluding carboxylic acids is 4. The number of anilines is 1. The van der Waals surface area contributed by atoms with Crippen LogP contribution in [0.5, 0.6) is 0 Å². The van der Waals surface area contributed by atoms with Crippen LogP contribution in [0.25, 0.3) is 11.2 Å². The predicted octanol–water partition coefficient (Wildman–Crippen LogP) is -5.44. The molecule has 0 saturated carbocycles. The van der Waals surface area contributed by atoms with Crippen molar-refractivity contribution in [2.24, 2.45) is 5.73 Å². The van der Waals surface area contributed by atoms with E-state index in [0.717, 1.165) is 22.1 Å². The number of ether oxygens (including phenoxy) is 2. The van der Waals surface area contributed by atoms with Crippen molar-refractivity contribution in [2.75, 3.05) is 32.2 Å². The highest BCUT2D eigenvalue weighted by Crippen LogP contribution is 2.61. The fourth-order valence-corrected chi connectivity index (χ4v) is 8.35. The van der Waals surface area contributed by atoms with Gasteiger partial charge >= 0.3 is 41.4 Å². The van der Waals surface area contributed by atoms with Crippen LogP contribution in [0.1, 0.15) is 12.6 Å². The van der Waals surface area contributed by atoms with Crippen LogP contribution in [0.2, 0.25) is 0 Å². The van der Waals surface area contributed by atoms with E-state index in [1.54, 1.807) is 0 Å². The summed E-state index contributed by atoms with van der Waals surface area (Å²) in [6.07, 6.45) is -10.9. The van der Waals surface area contributed by atoms with Gasteiger partial charge in [0.2, 0.25) is 5.91 Å². The van der Waals surface area contributed by atoms with Gasteiger partial charge in [-0.1, -0.05) is 20.1 Å². The van der Waals surface area contributed by atoms with Crippen LogP contribution < -0.4 is 11.5 Å². The number of hydrogen-bond donors (Lipinski definition) is 11. The smallest absolute Gasteiger partial charge is 0.387 e. The number of phosphoric acid groups is 3. The molecule has 356 valence electrons. The maximum Gasteiger partial charge on any atom is 0.584 e. The minimum Gasteiger partial charge on any atom is -0.387 e. The van der Waals surface area contributed by atoms with Crippen molar-refractivity contribution in [2.45, 2.75) is 61.1 Å². The van der Waals surface area contributed by atoms with Gasteiger partial charge in [0.05, 0.1) is 19.5 Å². The highest BCUT2D eigenvalue weighted by molar-refractivity contribution is 7.61. The zero-order valence-corrected chi connectivity index (χ0v) is 34.3. The number of amides is 1. The van der Waals surface area contributed by atoms with E-state index in [0.29, 0.717) is 0 Å². The Kier molecular flexibility index (Phi) is 16.1. The summed E-state index contributed by atoms with van der Waals surface area (Å²) in [6.45, 7) is -5.85. The van der Waals surface area contributed by atoms with Crippen LogP contribution >= 0.6 is 23.5 Å². The van der Waals surface area contributed by atoms with Crippen LogP contribution in [-0.4, -0.2) is 169 Å². The summed E-state index contributed by atoms with van der Waals surface area (Å²) in [6, 6.07) is 0. The third-order valence-electron chi connectivity index (χ3n) is 8.65. The zero-order valence-electron chi connectivity index (χ0n) is 31.6. The number of aromatic nitrogens is 4. The number of phosphoric ester groups is 2. The van der Waals surface area contributed by atoms with E-state index in [4.69, 9.17) is 35.7 Å². The summed E-state index contributed by atoms with van der Waals surface area (Å²) >= 11 is 0. The second kappa shape index (κ2) is 20.4. The molecule has 0 spiro atoms. The van der Waals surface area contributed by atoms with Crippen LogP contribution in [0.3, 0.4) is 0 Å². The molecule has 3 aliphatic rings. The fourth-order valence-electron chi connectivity index (χ4n) is 5.64. The van der Waals surface area contributed by atoms with Crippen molar-refractivity contribution in [1.29, 1.82) is 0 Å². The minimum absolute atomic E-state index is 0.0859. The molecule has 3 unspecified atom stereocenters. The summed E-state index contributed by atoms with van der Waals surface area (Å²) in [4.78, 5) is 92.8. The highest BCUT2D eigenvalue weighted by Gasteiger charge is 2.63. The number of primary amides is 1. The summed E-state index contributed by atoms with van der Waals surface area (Å²) in [7, 11) is -17.7. The predicted molar refractivity (Wildman–Crippen MR) is 190 cm³/mol. The van der Waals surface area contributed by atoms with E-state index in [1.165, 1.54) is 18.5 Å². The van der Waals surface area contributed by atoms with Crippen molar-refractivity contribution < 1.29 is 130 Å². The number of fused-ring (bicyclic) bond motifs is 1. The van der Waals surface area contributed by atoms with Gasteiger partial charge < -0.3 is 71.4 Å². The molecule has 2 aromatic heterocycles. The first kappa shape index (κ1) is 50.5. The quantitative estimate of drug-likeness (QED) is 0.0316. The highest BCUT2D eigenvalue weighted by atomic mass is 31.3. The molecule has 2 aromatic rings. The number of nitrogens with zero attached hydrogens (tertiary/aromatic N) is 5. The van der Waals surface area contributed by atoms with Gasteiger partial charge in [-0.15, -0.1) is 0 Å². The van der Waals surface area contributed by atoms with Gasteiger partial charge in [0.25, 0.3) is 0 Å². The SMILES string of the molecule is NC(=O)C1=CN([C@@H]2O[C@H](COP(=O)(O)OP(=O)(O)OC[C@@]3(C(O)C(=O)OOP(=O)(OOC(=O)CO)OOC(=O)CO)O[C@@H](n4cnc5c(N)ncnc54)[C@H](O)[C@@H]3O)[C@@H](O)[C@H]2O)C=CC1. The van der Waals surface area contributed by atoms with Gasteiger partial charge in [-0.25, -0.2) is 43.0 Å². The molecule has 0 bridgehead atoms. The molecule has 11 atom stereocenters. The lowest BCUT2D eigenvalue weighted by Gasteiger charge is -2.34. The largest absolute Gasteiger partial charge is 0.584 e. The van der Waals surface area contributed by atoms with Gasteiger partial charge in [0.15, 0.2) is 35.6 Å². The Morgan fingerprint density at radius 1 is 0.891 bits per heavy atom. The average molecular weight is 984 g/mol. The fraction of sp³-hybridized carbons (Fsp3) is 0.519. The summed E-state index contributed by atoms with van der Waals surface area (Å²) in [5.41, 5.74) is 7.47. The number of aliphatic hydroxyl groups excluding tert-OH is 7. The van der Waals surface area contributed by atoms with Crippen molar-refractivity contribution in [3.8, 4) is 0 Å². The third-order valence-corrected chi connectivity index (χ3v) is 12.0. The lowest BCUT2D eigenvalue weighted by Crippen LogP contribution is -2.58. The first-order valence-electron chi connectivity index (χ1n) is 17.2. The Hall–Kier alpha value is -4.48. The van der Waals surface area contributed by atoms with Crippen LogP contribution in [-0.2, 0) is 84.4 Å². The molecular formula is C27H36N7O27P3. The maximum atomic E-state index is 13.2. The van der Waals surface area contributed by atoms with E-state index in [2.05, 4.69) is 52.5 Å². The maximum absolute atomic E-state index is 13.2. The summed E-state index contributed by atoms with van der Waals surface area (Å²) in [5, 5.41) is 72.3. The molecule has 5 heterocycles. The number of imidazole rings is 1. The second-order valence-electron chi connectivity index (χ2n) is 12.9. The zero-order chi connectivity index (χ0) is 47.4. The van der Waals surface area contributed by atoms with Gasteiger partial charge in [-0.05, 0) is 6.42 Å². The number of nitrogens with two attached hydrogens (primary N) is 2. The van der Waals surface area contributed by atoms with Crippen LogP contribution in [0.4, 0.5) is 5.82 Å².